The lowest BCUT2D eigenvalue weighted by Crippen LogP contribution is -2.11. The van der Waals surface area contributed by atoms with Crippen molar-refractivity contribution in [2.75, 3.05) is 7.11 Å². The maximum Gasteiger partial charge on any atom is 0.513 e. The number of ether oxygens (including phenoxy) is 3. The van der Waals surface area contributed by atoms with E-state index in [9.17, 15) is 4.79 Å². The van der Waals surface area contributed by atoms with E-state index >= 15 is 0 Å². The zero-order chi connectivity index (χ0) is 16.8. The van der Waals surface area contributed by atoms with Gasteiger partial charge in [-0.25, -0.2) is 4.79 Å². The van der Waals surface area contributed by atoms with Crippen LogP contribution in [0.2, 0.25) is 5.02 Å². The highest BCUT2D eigenvalue weighted by Gasteiger charge is 2.13. The molecule has 0 fully saturated rings. The molecule has 0 bridgehead atoms. The normalized spacial score (nSPS) is 10.3. The van der Waals surface area contributed by atoms with Crippen LogP contribution in [-0.4, -0.2) is 13.3 Å². The number of halogens is 1. The fraction of sp³-hybridized carbons (Fsp3) is 0.235. The molecule has 23 heavy (non-hydrogen) atoms. The van der Waals surface area contributed by atoms with E-state index < -0.39 is 6.16 Å². The van der Waals surface area contributed by atoms with Crippen molar-refractivity contribution in [2.45, 2.75) is 19.3 Å². The van der Waals surface area contributed by atoms with Gasteiger partial charge in [-0.2, -0.15) is 12.6 Å². The summed E-state index contributed by atoms with van der Waals surface area (Å²) in [6, 6.07) is 10.8. The van der Waals surface area contributed by atoms with Crippen LogP contribution in [0, 0.1) is 6.92 Å². The molecule has 0 spiro atoms. The van der Waals surface area contributed by atoms with Gasteiger partial charge in [0.2, 0.25) is 0 Å². The summed E-state index contributed by atoms with van der Waals surface area (Å²) in [6.07, 6.45) is -0.777. The van der Waals surface area contributed by atoms with Crippen molar-refractivity contribution in [3.05, 3.63) is 58.1 Å². The van der Waals surface area contributed by atoms with Crippen molar-refractivity contribution in [1.29, 1.82) is 0 Å². The number of carbonyl (C=O) groups excluding carboxylic acids is 1. The second-order valence-corrected chi connectivity index (χ2v) is 5.53. The summed E-state index contributed by atoms with van der Waals surface area (Å²) < 4.78 is 15.5. The summed E-state index contributed by atoms with van der Waals surface area (Å²) in [5, 5.41) is 0.635. The maximum atomic E-state index is 11.4. The molecule has 2 aromatic carbocycles. The third-order valence-electron chi connectivity index (χ3n) is 3.29. The van der Waals surface area contributed by atoms with Crippen LogP contribution in [0.25, 0.3) is 0 Å². The number of hydrogen-bond donors (Lipinski definition) is 1. The number of aryl methyl sites for hydroxylation is 1. The first-order valence-electron chi connectivity index (χ1n) is 6.91. The van der Waals surface area contributed by atoms with Gasteiger partial charge < -0.3 is 14.2 Å². The number of rotatable bonds is 5. The Kier molecular flexibility index (Phi) is 6.19. The van der Waals surface area contributed by atoms with Gasteiger partial charge in [-0.1, -0.05) is 29.8 Å². The van der Waals surface area contributed by atoms with Crippen molar-refractivity contribution < 1.29 is 19.0 Å². The first-order chi connectivity index (χ1) is 11.0. The van der Waals surface area contributed by atoms with Gasteiger partial charge in [-0.05, 0) is 36.2 Å². The Balaban J connectivity index is 2.22. The Labute approximate surface area is 145 Å². The van der Waals surface area contributed by atoms with Crippen LogP contribution in [0.3, 0.4) is 0 Å². The van der Waals surface area contributed by atoms with Gasteiger partial charge in [0.1, 0.15) is 18.1 Å². The Bertz CT molecular complexity index is 703. The SMILES string of the molecule is COC(=O)Oc1cccc(CS)c1COc1ccc(C)c(Cl)c1. The van der Waals surface area contributed by atoms with E-state index in [0.717, 1.165) is 16.7 Å². The van der Waals surface area contributed by atoms with Gasteiger partial charge in [-0.15, -0.1) is 0 Å². The fourth-order valence-corrected chi connectivity index (χ4v) is 2.44. The number of carbonyl (C=O) groups is 1. The summed E-state index contributed by atoms with van der Waals surface area (Å²) in [5.74, 6) is 1.52. The molecule has 0 aromatic heterocycles. The lowest BCUT2D eigenvalue weighted by atomic mass is 10.1. The number of hydrogen-bond acceptors (Lipinski definition) is 5. The Morgan fingerprint density at radius 2 is 2.04 bits per heavy atom. The molecule has 0 aliphatic heterocycles. The molecule has 2 aromatic rings. The molecule has 0 N–H and O–H groups in total. The van der Waals surface area contributed by atoms with Crippen LogP contribution >= 0.6 is 24.2 Å². The Morgan fingerprint density at radius 1 is 1.26 bits per heavy atom. The molecule has 122 valence electrons. The summed E-state index contributed by atoms with van der Waals surface area (Å²) in [6.45, 7) is 2.15. The summed E-state index contributed by atoms with van der Waals surface area (Å²) in [7, 11) is 1.26. The number of methoxy groups -OCH3 is 1. The first kappa shape index (κ1) is 17.5. The monoisotopic (exact) mass is 352 g/mol. The van der Waals surface area contributed by atoms with Gasteiger partial charge in [0, 0.05) is 16.3 Å². The van der Waals surface area contributed by atoms with Crippen molar-refractivity contribution in [3.63, 3.8) is 0 Å². The van der Waals surface area contributed by atoms with Crippen LogP contribution < -0.4 is 9.47 Å². The van der Waals surface area contributed by atoms with Crippen molar-refractivity contribution in [3.8, 4) is 11.5 Å². The predicted molar refractivity (Wildman–Crippen MR) is 92.7 cm³/mol. The molecule has 0 unspecified atom stereocenters. The topological polar surface area (TPSA) is 44.8 Å². The molecule has 0 saturated carbocycles. The summed E-state index contributed by atoms with van der Waals surface area (Å²) >= 11 is 10.4. The van der Waals surface area contributed by atoms with Crippen molar-refractivity contribution in [1.82, 2.24) is 0 Å². The first-order valence-corrected chi connectivity index (χ1v) is 7.92. The van der Waals surface area contributed by atoms with E-state index in [0.29, 0.717) is 22.3 Å². The Morgan fingerprint density at radius 3 is 2.70 bits per heavy atom. The highest BCUT2D eigenvalue weighted by Crippen LogP contribution is 2.27. The molecule has 0 heterocycles. The molecule has 2 rings (SSSR count). The van der Waals surface area contributed by atoms with Gasteiger partial charge in [0.25, 0.3) is 0 Å². The molecule has 4 nitrogen and oxygen atoms in total. The van der Waals surface area contributed by atoms with Crippen LogP contribution in [-0.2, 0) is 17.1 Å². The highest BCUT2D eigenvalue weighted by molar-refractivity contribution is 7.79. The molecule has 0 aliphatic rings. The smallest absolute Gasteiger partial charge is 0.489 e. The molecular weight excluding hydrogens is 336 g/mol. The molecule has 0 saturated heterocycles. The highest BCUT2D eigenvalue weighted by atomic mass is 35.5. The van der Waals surface area contributed by atoms with Gasteiger partial charge in [-0.3, -0.25) is 0 Å². The van der Waals surface area contributed by atoms with E-state index in [1.54, 1.807) is 18.2 Å². The molecule has 6 heteroatoms. The average molecular weight is 353 g/mol. The summed E-state index contributed by atoms with van der Waals surface area (Å²) in [4.78, 5) is 11.4. The van der Waals surface area contributed by atoms with E-state index in [4.69, 9.17) is 21.1 Å². The van der Waals surface area contributed by atoms with Crippen LogP contribution in [0.1, 0.15) is 16.7 Å². The van der Waals surface area contributed by atoms with Crippen molar-refractivity contribution in [2.24, 2.45) is 0 Å². The van der Waals surface area contributed by atoms with Crippen LogP contribution in [0.15, 0.2) is 36.4 Å². The quantitative estimate of drug-likeness (QED) is 0.477. The maximum absolute atomic E-state index is 11.4. The standard InChI is InChI=1S/C17H17ClO4S/c1-11-6-7-13(8-15(11)18)21-9-14-12(10-23)4-3-5-16(14)22-17(19)20-2/h3-8,23H,9-10H2,1-2H3. The van der Waals surface area contributed by atoms with Gasteiger partial charge in [0.15, 0.2) is 0 Å². The zero-order valence-electron chi connectivity index (χ0n) is 12.8. The lowest BCUT2D eigenvalue weighted by Gasteiger charge is -2.14. The van der Waals surface area contributed by atoms with E-state index in [2.05, 4.69) is 17.4 Å². The minimum absolute atomic E-state index is 0.225. The Hall–Kier alpha value is -1.85. The van der Waals surface area contributed by atoms with E-state index in [1.165, 1.54) is 7.11 Å². The van der Waals surface area contributed by atoms with Crippen molar-refractivity contribution >= 4 is 30.4 Å². The largest absolute Gasteiger partial charge is 0.513 e. The third kappa shape index (κ3) is 4.56. The molecular formula is C17H17ClO4S. The molecule has 0 amide bonds. The van der Waals surface area contributed by atoms with Gasteiger partial charge in [0.05, 0.1) is 7.11 Å². The van der Waals surface area contributed by atoms with Crippen LogP contribution in [0.4, 0.5) is 4.79 Å². The van der Waals surface area contributed by atoms with Crippen LogP contribution in [0.5, 0.6) is 11.5 Å². The number of thiol groups is 1. The molecule has 0 radical (unpaired) electrons. The predicted octanol–water partition coefficient (Wildman–Crippen LogP) is 4.80. The van der Waals surface area contributed by atoms with Gasteiger partial charge >= 0.3 is 6.16 Å². The van der Waals surface area contributed by atoms with E-state index in [-0.39, 0.29) is 6.61 Å². The minimum atomic E-state index is -0.777. The lowest BCUT2D eigenvalue weighted by molar-refractivity contribution is 0.120. The summed E-state index contributed by atoms with van der Waals surface area (Å²) in [5.41, 5.74) is 2.63. The second-order valence-electron chi connectivity index (χ2n) is 4.81. The van der Waals surface area contributed by atoms with E-state index in [1.807, 2.05) is 25.1 Å². The second kappa shape index (κ2) is 8.13. The molecule has 0 aliphatic carbocycles. The molecule has 0 atom stereocenters. The zero-order valence-corrected chi connectivity index (χ0v) is 14.5. The minimum Gasteiger partial charge on any atom is -0.489 e. The average Bonchev–Trinajstić information content (AvgIpc) is 2.56. The fourth-order valence-electron chi connectivity index (χ4n) is 1.97. The third-order valence-corrected chi connectivity index (χ3v) is 4.03. The number of benzene rings is 2.